The Hall–Kier alpha value is -0.0800. The molecule has 2 heteroatoms. The molecular weight excluding hydrogens is 186 g/mol. The van der Waals surface area contributed by atoms with E-state index < -0.39 is 0 Å². The molecule has 1 saturated carbocycles. The number of rotatable bonds is 3. The average molecular weight is 211 g/mol. The second kappa shape index (κ2) is 5.86. The van der Waals surface area contributed by atoms with Gasteiger partial charge in [-0.25, -0.2) is 0 Å². The minimum Gasteiger partial charge on any atom is -0.379 e. The molecule has 0 atom stereocenters. The van der Waals surface area contributed by atoms with E-state index in [0.717, 1.165) is 25.2 Å². The molecule has 0 bridgehead atoms. The Balaban J connectivity index is 1.72. The highest BCUT2D eigenvalue weighted by molar-refractivity contribution is 4.80. The fourth-order valence-electron chi connectivity index (χ4n) is 3.15. The van der Waals surface area contributed by atoms with Crippen LogP contribution in [0.4, 0.5) is 0 Å². The molecule has 0 N–H and O–H groups in total. The van der Waals surface area contributed by atoms with Crippen LogP contribution in [0.25, 0.3) is 0 Å². The van der Waals surface area contributed by atoms with Gasteiger partial charge in [-0.3, -0.25) is 4.90 Å². The molecule has 1 saturated heterocycles. The SMILES string of the molecule is CCCC1CCC(N2CCOCC2)CC1. The largest absolute Gasteiger partial charge is 0.379 e. The molecule has 0 spiro atoms. The summed E-state index contributed by atoms with van der Waals surface area (Å²) in [7, 11) is 0. The van der Waals surface area contributed by atoms with Gasteiger partial charge >= 0.3 is 0 Å². The third-order valence-electron chi connectivity index (χ3n) is 4.08. The number of ether oxygens (including phenoxy) is 1. The molecule has 0 radical (unpaired) electrons. The van der Waals surface area contributed by atoms with Crippen LogP contribution >= 0.6 is 0 Å². The Bertz CT molecular complexity index is 169. The minimum absolute atomic E-state index is 0.877. The number of morpholine rings is 1. The van der Waals surface area contributed by atoms with Gasteiger partial charge in [-0.1, -0.05) is 19.8 Å². The summed E-state index contributed by atoms with van der Waals surface area (Å²) in [6.45, 7) is 6.56. The van der Waals surface area contributed by atoms with Gasteiger partial charge in [-0.2, -0.15) is 0 Å². The van der Waals surface area contributed by atoms with Crippen molar-refractivity contribution in [3.63, 3.8) is 0 Å². The van der Waals surface area contributed by atoms with Crippen molar-refractivity contribution in [2.75, 3.05) is 26.3 Å². The maximum atomic E-state index is 5.41. The van der Waals surface area contributed by atoms with Gasteiger partial charge in [0.1, 0.15) is 0 Å². The number of hydrogen-bond acceptors (Lipinski definition) is 2. The lowest BCUT2D eigenvalue weighted by Crippen LogP contribution is -2.45. The van der Waals surface area contributed by atoms with Crippen molar-refractivity contribution in [1.29, 1.82) is 0 Å². The summed E-state index contributed by atoms with van der Waals surface area (Å²) in [6.07, 6.45) is 8.63. The van der Waals surface area contributed by atoms with E-state index in [4.69, 9.17) is 4.74 Å². The Morgan fingerprint density at radius 2 is 1.73 bits per heavy atom. The molecule has 15 heavy (non-hydrogen) atoms. The maximum Gasteiger partial charge on any atom is 0.0594 e. The van der Waals surface area contributed by atoms with Crippen LogP contribution in [0.3, 0.4) is 0 Å². The monoisotopic (exact) mass is 211 g/mol. The summed E-state index contributed by atoms with van der Waals surface area (Å²) in [5.41, 5.74) is 0. The first kappa shape index (κ1) is 11.4. The van der Waals surface area contributed by atoms with Gasteiger partial charge in [-0.15, -0.1) is 0 Å². The summed E-state index contributed by atoms with van der Waals surface area (Å²) in [5.74, 6) is 1.03. The van der Waals surface area contributed by atoms with Crippen LogP contribution < -0.4 is 0 Å². The van der Waals surface area contributed by atoms with Gasteiger partial charge < -0.3 is 4.74 Å². The first-order valence-corrected chi connectivity index (χ1v) is 6.72. The van der Waals surface area contributed by atoms with Gasteiger partial charge in [0.2, 0.25) is 0 Å². The highest BCUT2D eigenvalue weighted by Crippen LogP contribution is 2.30. The zero-order valence-electron chi connectivity index (χ0n) is 10.1. The highest BCUT2D eigenvalue weighted by atomic mass is 16.5. The van der Waals surface area contributed by atoms with Crippen LogP contribution in [0.15, 0.2) is 0 Å². The second-order valence-corrected chi connectivity index (χ2v) is 5.11. The predicted octanol–water partition coefficient (Wildman–Crippen LogP) is 2.68. The van der Waals surface area contributed by atoms with Gasteiger partial charge in [-0.05, 0) is 31.6 Å². The minimum atomic E-state index is 0.877. The van der Waals surface area contributed by atoms with Crippen molar-refractivity contribution in [2.45, 2.75) is 51.5 Å². The Morgan fingerprint density at radius 3 is 2.33 bits per heavy atom. The fourth-order valence-corrected chi connectivity index (χ4v) is 3.15. The molecular formula is C13H25NO. The van der Waals surface area contributed by atoms with Gasteiger partial charge in [0.05, 0.1) is 13.2 Å². The standard InChI is InChI=1S/C13H25NO/c1-2-3-12-4-6-13(7-5-12)14-8-10-15-11-9-14/h12-13H,2-11H2,1H3. The van der Waals surface area contributed by atoms with E-state index >= 15 is 0 Å². The quantitative estimate of drug-likeness (QED) is 0.711. The average Bonchev–Trinajstić information content (AvgIpc) is 2.32. The van der Waals surface area contributed by atoms with Crippen molar-refractivity contribution in [3.8, 4) is 0 Å². The third kappa shape index (κ3) is 3.18. The fraction of sp³-hybridized carbons (Fsp3) is 1.00. The lowest BCUT2D eigenvalue weighted by molar-refractivity contribution is 0.00462. The van der Waals surface area contributed by atoms with Crippen molar-refractivity contribution in [1.82, 2.24) is 4.90 Å². The Kier molecular flexibility index (Phi) is 4.45. The van der Waals surface area contributed by atoms with Crippen LogP contribution in [0.1, 0.15) is 45.4 Å². The molecule has 2 aliphatic rings. The first-order chi connectivity index (χ1) is 7.40. The zero-order chi connectivity index (χ0) is 10.5. The molecule has 88 valence electrons. The second-order valence-electron chi connectivity index (χ2n) is 5.11. The smallest absolute Gasteiger partial charge is 0.0594 e. The van der Waals surface area contributed by atoms with E-state index in [1.807, 2.05) is 0 Å². The normalized spacial score (nSPS) is 34.2. The van der Waals surface area contributed by atoms with Crippen LogP contribution in [0, 0.1) is 5.92 Å². The van der Waals surface area contributed by atoms with Crippen LogP contribution in [0.2, 0.25) is 0 Å². The van der Waals surface area contributed by atoms with E-state index in [0.29, 0.717) is 0 Å². The topological polar surface area (TPSA) is 12.5 Å². The maximum absolute atomic E-state index is 5.41. The highest BCUT2D eigenvalue weighted by Gasteiger charge is 2.26. The van der Waals surface area contributed by atoms with E-state index in [9.17, 15) is 0 Å². The summed E-state index contributed by atoms with van der Waals surface area (Å²) in [6, 6.07) is 0.877. The van der Waals surface area contributed by atoms with Crippen molar-refractivity contribution < 1.29 is 4.74 Å². The molecule has 0 aromatic heterocycles. The van der Waals surface area contributed by atoms with Crippen molar-refractivity contribution in [3.05, 3.63) is 0 Å². The van der Waals surface area contributed by atoms with Crippen LogP contribution in [-0.4, -0.2) is 37.2 Å². The van der Waals surface area contributed by atoms with Gasteiger partial charge in [0.15, 0.2) is 0 Å². The summed E-state index contributed by atoms with van der Waals surface area (Å²) in [5, 5.41) is 0. The first-order valence-electron chi connectivity index (χ1n) is 6.72. The van der Waals surface area contributed by atoms with Crippen molar-refractivity contribution in [2.24, 2.45) is 5.92 Å². The van der Waals surface area contributed by atoms with E-state index in [1.165, 1.54) is 51.6 Å². The van der Waals surface area contributed by atoms with Crippen molar-refractivity contribution >= 4 is 0 Å². The summed E-state index contributed by atoms with van der Waals surface area (Å²) in [4.78, 5) is 2.66. The molecule has 1 heterocycles. The predicted molar refractivity (Wildman–Crippen MR) is 63.0 cm³/mol. The van der Waals surface area contributed by atoms with Gasteiger partial charge in [0, 0.05) is 19.1 Å². The van der Waals surface area contributed by atoms with Crippen LogP contribution in [0.5, 0.6) is 0 Å². The Morgan fingerprint density at radius 1 is 1.07 bits per heavy atom. The lowest BCUT2D eigenvalue weighted by Gasteiger charge is -2.38. The van der Waals surface area contributed by atoms with E-state index in [2.05, 4.69) is 11.8 Å². The lowest BCUT2D eigenvalue weighted by atomic mass is 9.83. The molecule has 2 nitrogen and oxygen atoms in total. The van der Waals surface area contributed by atoms with E-state index in [-0.39, 0.29) is 0 Å². The molecule has 2 rings (SSSR count). The van der Waals surface area contributed by atoms with Gasteiger partial charge in [0.25, 0.3) is 0 Å². The molecule has 1 aliphatic carbocycles. The van der Waals surface area contributed by atoms with E-state index in [1.54, 1.807) is 0 Å². The van der Waals surface area contributed by atoms with Crippen LogP contribution in [-0.2, 0) is 4.74 Å². The molecule has 0 amide bonds. The molecule has 0 unspecified atom stereocenters. The number of nitrogens with zero attached hydrogens (tertiary/aromatic N) is 1. The molecule has 0 aromatic rings. The Labute approximate surface area is 94.0 Å². The third-order valence-corrected chi connectivity index (χ3v) is 4.08. The zero-order valence-corrected chi connectivity index (χ0v) is 10.1. The summed E-state index contributed by atoms with van der Waals surface area (Å²) >= 11 is 0. The molecule has 1 aliphatic heterocycles. The summed E-state index contributed by atoms with van der Waals surface area (Å²) < 4.78 is 5.41. The number of hydrogen-bond donors (Lipinski definition) is 0. The molecule has 2 fully saturated rings. The molecule has 0 aromatic carbocycles.